The molecule has 29 heavy (non-hydrogen) atoms. The Kier molecular flexibility index (Phi) is 15.9. The Morgan fingerprint density at radius 1 is 0.862 bits per heavy atom. The Morgan fingerprint density at radius 2 is 1.41 bits per heavy atom. The lowest BCUT2D eigenvalue weighted by Gasteiger charge is -2.03. The Balaban J connectivity index is 1.88. The van der Waals surface area contributed by atoms with Gasteiger partial charge in [0.1, 0.15) is 5.75 Å². The van der Waals surface area contributed by atoms with Crippen molar-refractivity contribution < 1.29 is 9.53 Å². The number of methoxy groups -OCH3 is 1. The Morgan fingerprint density at radius 3 is 1.97 bits per heavy atom. The van der Waals surface area contributed by atoms with Crippen molar-refractivity contribution in [3.8, 4) is 5.75 Å². The van der Waals surface area contributed by atoms with E-state index in [2.05, 4.69) is 18.3 Å². The molecule has 0 aromatic heterocycles. The molecular weight excluding hydrogens is 358 g/mol. The van der Waals surface area contributed by atoms with Crippen LogP contribution in [0.3, 0.4) is 0 Å². The summed E-state index contributed by atoms with van der Waals surface area (Å²) in [4.78, 5) is 12.1. The van der Waals surface area contributed by atoms with Crippen LogP contribution in [0.5, 0.6) is 5.75 Å². The van der Waals surface area contributed by atoms with Gasteiger partial charge < -0.3 is 10.1 Å². The first kappa shape index (κ1) is 25.3. The molecule has 0 atom stereocenters. The molecule has 0 heterocycles. The summed E-state index contributed by atoms with van der Waals surface area (Å²) in [6, 6.07) is 7.20. The van der Waals surface area contributed by atoms with Crippen molar-refractivity contribution in [2.45, 2.75) is 103 Å². The van der Waals surface area contributed by atoms with Crippen LogP contribution in [0.1, 0.15) is 114 Å². The Labute approximate surface area is 179 Å². The molecule has 0 aliphatic rings. The van der Waals surface area contributed by atoms with Crippen molar-refractivity contribution in [2.24, 2.45) is 0 Å². The van der Waals surface area contributed by atoms with Crippen LogP contribution in [-0.4, -0.2) is 13.0 Å². The van der Waals surface area contributed by atoms with Crippen LogP contribution in [0.15, 0.2) is 36.5 Å². The van der Waals surface area contributed by atoms with E-state index in [-0.39, 0.29) is 5.91 Å². The van der Waals surface area contributed by atoms with E-state index in [0.717, 1.165) is 6.42 Å². The average molecular weight is 402 g/mol. The van der Waals surface area contributed by atoms with E-state index in [4.69, 9.17) is 4.74 Å². The number of ether oxygens (including phenoxy) is 1. The summed E-state index contributed by atoms with van der Waals surface area (Å²) in [5.74, 6) is 0.602. The minimum atomic E-state index is -0.0962. The highest BCUT2D eigenvalue weighted by molar-refractivity contribution is 5.95. The van der Waals surface area contributed by atoms with E-state index in [9.17, 15) is 4.79 Å². The minimum Gasteiger partial charge on any atom is -0.497 e. The highest BCUT2D eigenvalue weighted by Gasteiger charge is 2.03. The first-order valence-electron chi connectivity index (χ1n) is 11.9. The van der Waals surface area contributed by atoms with E-state index in [1.165, 1.54) is 89.9 Å². The molecule has 1 aromatic rings. The third-order valence-electron chi connectivity index (χ3n) is 5.39. The Bertz CT molecular complexity index is 553. The Hall–Kier alpha value is -1.77. The molecule has 0 spiro atoms. The molecule has 0 unspecified atom stereocenters. The van der Waals surface area contributed by atoms with Gasteiger partial charge in [-0.05, 0) is 31.0 Å². The van der Waals surface area contributed by atoms with Crippen LogP contribution in [0.4, 0.5) is 0 Å². The third-order valence-corrected chi connectivity index (χ3v) is 5.39. The maximum absolute atomic E-state index is 12.1. The first-order valence-corrected chi connectivity index (χ1v) is 11.9. The summed E-state index contributed by atoms with van der Waals surface area (Å²) in [6.45, 7) is 2.28. The second-order valence-corrected chi connectivity index (χ2v) is 7.99. The van der Waals surface area contributed by atoms with Crippen molar-refractivity contribution in [1.29, 1.82) is 0 Å². The van der Waals surface area contributed by atoms with Gasteiger partial charge in [0.2, 0.25) is 0 Å². The number of allylic oxidation sites excluding steroid dienone is 1. The fourth-order valence-corrected chi connectivity index (χ4v) is 3.52. The maximum atomic E-state index is 12.1. The van der Waals surface area contributed by atoms with Crippen LogP contribution < -0.4 is 10.1 Å². The number of rotatable bonds is 18. The SMILES string of the molecule is CCCCCCCCCCCCCCCCC=CNC(=O)c1cccc(OC)c1. The molecule has 0 saturated heterocycles. The van der Waals surface area contributed by atoms with Gasteiger partial charge in [-0.25, -0.2) is 0 Å². The van der Waals surface area contributed by atoms with Gasteiger partial charge >= 0.3 is 0 Å². The second kappa shape index (κ2) is 18.3. The van der Waals surface area contributed by atoms with Gasteiger partial charge in [0.15, 0.2) is 0 Å². The standard InChI is InChI=1S/C26H43NO2/c1-3-4-5-6-7-8-9-10-11-12-13-14-15-16-17-18-22-27-26(28)24-20-19-21-25(23-24)29-2/h18-23H,3-17H2,1-2H3,(H,27,28). The van der Waals surface area contributed by atoms with E-state index in [1.807, 2.05) is 12.1 Å². The van der Waals surface area contributed by atoms with Crippen LogP contribution in [0.2, 0.25) is 0 Å². The number of nitrogens with one attached hydrogen (secondary N) is 1. The number of carbonyl (C=O) groups excluding carboxylic acids is 1. The highest BCUT2D eigenvalue weighted by atomic mass is 16.5. The van der Waals surface area contributed by atoms with Gasteiger partial charge in [-0.1, -0.05) is 103 Å². The maximum Gasteiger partial charge on any atom is 0.255 e. The zero-order chi connectivity index (χ0) is 21.0. The lowest BCUT2D eigenvalue weighted by atomic mass is 10.0. The van der Waals surface area contributed by atoms with Crippen LogP contribution in [0.25, 0.3) is 0 Å². The lowest BCUT2D eigenvalue weighted by Crippen LogP contribution is -2.16. The summed E-state index contributed by atoms with van der Waals surface area (Å²) < 4.78 is 5.15. The summed E-state index contributed by atoms with van der Waals surface area (Å²) >= 11 is 0. The van der Waals surface area contributed by atoms with E-state index in [1.54, 1.807) is 25.4 Å². The molecule has 1 N–H and O–H groups in total. The summed E-state index contributed by atoms with van der Waals surface area (Å²) in [6.07, 6.45) is 24.2. The fraction of sp³-hybridized carbons (Fsp3) is 0.654. The molecule has 0 saturated carbocycles. The number of benzene rings is 1. The monoisotopic (exact) mass is 401 g/mol. The molecule has 0 aliphatic heterocycles. The van der Waals surface area contributed by atoms with Gasteiger partial charge in [0.05, 0.1) is 7.11 Å². The molecule has 0 bridgehead atoms. The normalized spacial score (nSPS) is 11.1. The van der Waals surface area contributed by atoms with Crippen LogP contribution >= 0.6 is 0 Å². The molecule has 0 radical (unpaired) electrons. The van der Waals surface area contributed by atoms with Gasteiger partial charge in [-0.15, -0.1) is 0 Å². The average Bonchev–Trinajstić information content (AvgIpc) is 2.75. The molecule has 0 fully saturated rings. The predicted octanol–water partition coefficient (Wildman–Crippen LogP) is 7.81. The number of amides is 1. The predicted molar refractivity (Wildman–Crippen MR) is 125 cm³/mol. The van der Waals surface area contributed by atoms with E-state index >= 15 is 0 Å². The number of unbranched alkanes of at least 4 members (excludes halogenated alkanes) is 14. The number of hydrogen-bond donors (Lipinski definition) is 1. The second-order valence-electron chi connectivity index (χ2n) is 7.99. The van der Waals surface area contributed by atoms with Gasteiger partial charge in [0.25, 0.3) is 5.91 Å². The molecule has 164 valence electrons. The first-order chi connectivity index (χ1) is 14.3. The molecule has 0 aliphatic carbocycles. The number of hydrogen-bond acceptors (Lipinski definition) is 2. The van der Waals surface area contributed by atoms with Crippen LogP contribution in [-0.2, 0) is 0 Å². The van der Waals surface area contributed by atoms with Crippen molar-refractivity contribution in [3.05, 3.63) is 42.1 Å². The van der Waals surface area contributed by atoms with E-state index < -0.39 is 0 Å². The van der Waals surface area contributed by atoms with Gasteiger partial charge in [-0.3, -0.25) is 4.79 Å². The summed E-state index contributed by atoms with van der Waals surface area (Å²) in [5, 5.41) is 2.82. The fourth-order valence-electron chi connectivity index (χ4n) is 3.52. The molecule has 1 amide bonds. The summed E-state index contributed by atoms with van der Waals surface area (Å²) in [7, 11) is 1.60. The van der Waals surface area contributed by atoms with Gasteiger partial charge in [-0.2, -0.15) is 0 Å². The smallest absolute Gasteiger partial charge is 0.255 e. The molecular formula is C26H43NO2. The van der Waals surface area contributed by atoms with Crippen LogP contribution in [0, 0.1) is 0 Å². The largest absolute Gasteiger partial charge is 0.497 e. The number of carbonyl (C=O) groups is 1. The quantitative estimate of drug-likeness (QED) is 0.255. The third kappa shape index (κ3) is 13.9. The zero-order valence-corrected chi connectivity index (χ0v) is 18.9. The molecule has 1 aromatic carbocycles. The summed E-state index contributed by atoms with van der Waals surface area (Å²) in [5.41, 5.74) is 0.616. The van der Waals surface area contributed by atoms with Crippen molar-refractivity contribution in [3.63, 3.8) is 0 Å². The van der Waals surface area contributed by atoms with Crippen molar-refractivity contribution in [1.82, 2.24) is 5.32 Å². The van der Waals surface area contributed by atoms with Crippen molar-refractivity contribution in [2.75, 3.05) is 7.11 Å². The van der Waals surface area contributed by atoms with E-state index in [0.29, 0.717) is 11.3 Å². The molecule has 3 heteroatoms. The molecule has 3 nitrogen and oxygen atoms in total. The van der Waals surface area contributed by atoms with Gasteiger partial charge in [0, 0.05) is 11.8 Å². The highest BCUT2D eigenvalue weighted by Crippen LogP contribution is 2.14. The van der Waals surface area contributed by atoms with Crippen molar-refractivity contribution >= 4 is 5.91 Å². The minimum absolute atomic E-state index is 0.0962. The molecule has 1 rings (SSSR count). The topological polar surface area (TPSA) is 38.3 Å². The lowest BCUT2D eigenvalue weighted by molar-refractivity contribution is 0.0969. The zero-order valence-electron chi connectivity index (χ0n) is 18.9.